The number of benzene rings is 1. The summed E-state index contributed by atoms with van der Waals surface area (Å²) in [4.78, 5) is 48.7. The molecule has 1 saturated heterocycles. The minimum Gasteiger partial charge on any atom is -0.481 e. The van der Waals surface area contributed by atoms with Crippen molar-refractivity contribution >= 4 is 35.1 Å². The molecule has 1 aliphatic rings. The van der Waals surface area contributed by atoms with Gasteiger partial charge in [0.1, 0.15) is 5.56 Å². The van der Waals surface area contributed by atoms with Gasteiger partial charge in [0, 0.05) is 31.2 Å². The van der Waals surface area contributed by atoms with Crippen LogP contribution in [0, 0.1) is 16.0 Å². The molecule has 0 radical (unpaired) electrons. The number of carbonyl (C=O) groups is 3. The van der Waals surface area contributed by atoms with E-state index in [4.69, 9.17) is 16.7 Å². The van der Waals surface area contributed by atoms with Crippen LogP contribution in [0.4, 0.5) is 5.69 Å². The number of likely N-dealkylation sites (tertiary alicyclic amines) is 1. The first-order valence-electron chi connectivity index (χ1n) is 7.90. The summed E-state index contributed by atoms with van der Waals surface area (Å²) in [6.07, 6.45) is 0.725. The molecule has 0 unspecified atom stereocenters. The zero-order valence-electron chi connectivity index (χ0n) is 14.1. The standard InChI is InChI=1S/C16H18ClN3O6/c1-18(9-14(21)19-6-4-10(5-7-19)16(23)24)15(22)12-3-2-11(17)8-13(12)20(25)26/h2-3,8,10H,4-7,9H2,1H3,(H,23,24). The lowest BCUT2D eigenvalue weighted by molar-refractivity contribution is -0.385. The molecule has 140 valence electrons. The maximum Gasteiger partial charge on any atom is 0.306 e. The smallest absolute Gasteiger partial charge is 0.306 e. The second-order valence-corrected chi connectivity index (χ2v) is 6.51. The van der Waals surface area contributed by atoms with E-state index in [9.17, 15) is 24.5 Å². The van der Waals surface area contributed by atoms with E-state index in [1.165, 1.54) is 24.1 Å². The average Bonchev–Trinajstić information content (AvgIpc) is 2.60. The highest BCUT2D eigenvalue weighted by Crippen LogP contribution is 2.24. The van der Waals surface area contributed by atoms with Crippen molar-refractivity contribution in [1.82, 2.24) is 9.80 Å². The number of aliphatic carboxylic acids is 1. The minimum absolute atomic E-state index is 0.133. The molecular weight excluding hydrogens is 366 g/mol. The summed E-state index contributed by atoms with van der Waals surface area (Å²) < 4.78 is 0. The Kier molecular flexibility index (Phi) is 6.14. The molecule has 1 aromatic carbocycles. The number of piperidine rings is 1. The lowest BCUT2D eigenvalue weighted by Crippen LogP contribution is -2.45. The second kappa shape index (κ2) is 8.13. The van der Waals surface area contributed by atoms with Crippen LogP contribution in [-0.4, -0.2) is 64.3 Å². The van der Waals surface area contributed by atoms with Crippen molar-refractivity contribution in [1.29, 1.82) is 0 Å². The Hall–Kier alpha value is -2.68. The summed E-state index contributed by atoms with van der Waals surface area (Å²) in [6, 6.07) is 3.71. The van der Waals surface area contributed by atoms with Crippen molar-refractivity contribution in [2.24, 2.45) is 5.92 Å². The minimum atomic E-state index is -0.876. The molecule has 1 aliphatic heterocycles. The van der Waals surface area contributed by atoms with Gasteiger partial charge in [-0.25, -0.2) is 0 Å². The first-order chi connectivity index (χ1) is 12.2. The molecule has 0 saturated carbocycles. The van der Waals surface area contributed by atoms with E-state index in [1.54, 1.807) is 0 Å². The molecule has 0 aliphatic carbocycles. The Labute approximate surface area is 154 Å². The molecule has 1 aromatic rings. The van der Waals surface area contributed by atoms with Crippen LogP contribution in [0.2, 0.25) is 5.02 Å². The zero-order chi connectivity index (χ0) is 19.4. The number of nitro benzene ring substituents is 1. The average molecular weight is 384 g/mol. The van der Waals surface area contributed by atoms with Gasteiger partial charge >= 0.3 is 5.97 Å². The number of halogens is 1. The normalized spacial score (nSPS) is 14.8. The fraction of sp³-hybridized carbons (Fsp3) is 0.438. The maximum absolute atomic E-state index is 12.5. The monoisotopic (exact) mass is 383 g/mol. The molecule has 10 heteroatoms. The Balaban J connectivity index is 2.03. The molecule has 1 N–H and O–H groups in total. The van der Waals surface area contributed by atoms with Crippen LogP contribution in [-0.2, 0) is 9.59 Å². The molecule has 2 rings (SSSR count). The molecule has 0 bridgehead atoms. The Bertz CT molecular complexity index is 746. The Morgan fingerprint density at radius 1 is 1.35 bits per heavy atom. The topological polar surface area (TPSA) is 121 Å². The second-order valence-electron chi connectivity index (χ2n) is 6.07. The van der Waals surface area contributed by atoms with Crippen LogP contribution >= 0.6 is 11.6 Å². The number of amides is 2. The van der Waals surface area contributed by atoms with Crippen molar-refractivity contribution in [2.75, 3.05) is 26.7 Å². The summed E-state index contributed by atoms with van der Waals surface area (Å²) in [6.45, 7) is 0.355. The van der Waals surface area contributed by atoms with Crippen LogP contribution < -0.4 is 0 Å². The van der Waals surface area contributed by atoms with Crippen LogP contribution in [0.5, 0.6) is 0 Å². The van der Waals surface area contributed by atoms with Crippen molar-refractivity contribution in [2.45, 2.75) is 12.8 Å². The molecule has 0 aromatic heterocycles. The van der Waals surface area contributed by atoms with Gasteiger partial charge in [-0.1, -0.05) is 11.6 Å². The number of hydrogen-bond acceptors (Lipinski definition) is 5. The van der Waals surface area contributed by atoms with E-state index in [-0.39, 0.29) is 23.0 Å². The van der Waals surface area contributed by atoms with Gasteiger partial charge in [-0.05, 0) is 25.0 Å². The van der Waals surface area contributed by atoms with Crippen molar-refractivity contribution in [3.8, 4) is 0 Å². The third kappa shape index (κ3) is 4.48. The van der Waals surface area contributed by atoms with Crippen LogP contribution in [0.25, 0.3) is 0 Å². The predicted molar refractivity (Wildman–Crippen MR) is 92.0 cm³/mol. The first kappa shape index (κ1) is 19.6. The highest BCUT2D eigenvalue weighted by Gasteiger charge is 2.29. The third-order valence-electron chi connectivity index (χ3n) is 4.30. The summed E-state index contributed by atoms with van der Waals surface area (Å²) >= 11 is 5.73. The number of carboxylic acids is 1. The SMILES string of the molecule is CN(CC(=O)N1CCC(C(=O)O)CC1)C(=O)c1ccc(Cl)cc1[N+](=O)[O-]. The predicted octanol–water partition coefficient (Wildman–Crippen LogP) is 1.64. The molecule has 0 atom stereocenters. The van der Waals surface area contributed by atoms with Gasteiger partial charge in [0.05, 0.1) is 17.4 Å². The van der Waals surface area contributed by atoms with Gasteiger partial charge in [-0.3, -0.25) is 24.5 Å². The van der Waals surface area contributed by atoms with Gasteiger partial charge in [0.2, 0.25) is 5.91 Å². The van der Waals surface area contributed by atoms with Gasteiger partial charge in [0.25, 0.3) is 11.6 Å². The molecule has 1 fully saturated rings. The summed E-state index contributed by atoms with van der Waals surface area (Å²) in [7, 11) is 1.38. The van der Waals surface area contributed by atoms with E-state index in [2.05, 4.69) is 0 Å². The number of rotatable bonds is 5. The number of nitro groups is 1. The maximum atomic E-state index is 12.5. The fourth-order valence-corrected chi connectivity index (χ4v) is 2.96. The molecule has 1 heterocycles. The van der Waals surface area contributed by atoms with E-state index in [1.807, 2.05) is 0 Å². The third-order valence-corrected chi connectivity index (χ3v) is 4.54. The fourth-order valence-electron chi connectivity index (χ4n) is 2.79. The zero-order valence-corrected chi connectivity index (χ0v) is 14.8. The van der Waals surface area contributed by atoms with Gasteiger partial charge < -0.3 is 14.9 Å². The Morgan fingerprint density at radius 2 is 1.96 bits per heavy atom. The van der Waals surface area contributed by atoms with Crippen molar-refractivity contribution < 1.29 is 24.4 Å². The molecule has 0 spiro atoms. The van der Waals surface area contributed by atoms with Crippen LogP contribution in [0.15, 0.2) is 18.2 Å². The van der Waals surface area contributed by atoms with E-state index >= 15 is 0 Å². The van der Waals surface area contributed by atoms with E-state index < -0.39 is 28.4 Å². The number of hydrogen-bond donors (Lipinski definition) is 1. The van der Waals surface area contributed by atoms with E-state index in [0.717, 1.165) is 11.0 Å². The summed E-state index contributed by atoms with van der Waals surface area (Å²) in [5, 5.41) is 20.2. The quantitative estimate of drug-likeness (QED) is 0.609. The number of nitrogens with zero attached hydrogens (tertiary/aromatic N) is 3. The molecular formula is C16H18ClN3O6. The van der Waals surface area contributed by atoms with Crippen LogP contribution in [0.1, 0.15) is 23.2 Å². The lowest BCUT2D eigenvalue weighted by Gasteiger charge is -2.31. The Morgan fingerprint density at radius 3 is 2.50 bits per heavy atom. The molecule has 9 nitrogen and oxygen atoms in total. The van der Waals surface area contributed by atoms with Crippen LogP contribution in [0.3, 0.4) is 0 Å². The van der Waals surface area contributed by atoms with Gasteiger partial charge in [0.15, 0.2) is 0 Å². The lowest BCUT2D eigenvalue weighted by atomic mass is 9.97. The summed E-state index contributed by atoms with van der Waals surface area (Å²) in [5.41, 5.74) is -0.580. The molecule has 26 heavy (non-hydrogen) atoms. The summed E-state index contributed by atoms with van der Waals surface area (Å²) in [5.74, 6) is -2.34. The molecule has 2 amide bonds. The van der Waals surface area contributed by atoms with Gasteiger partial charge in [-0.15, -0.1) is 0 Å². The first-order valence-corrected chi connectivity index (χ1v) is 8.28. The van der Waals surface area contributed by atoms with Crippen molar-refractivity contribution in [3.63, 3.8) is 0 Å². The van der Waals surface area contributed by atoms with Crippen molar-refractivity contribution in [3.05, 3.63) is 38.9 Å². The number of likely N-dealkylation sites (N-methyl/N-ethyl adjacent to an activating group) is 1. The highest BCUT2D eigenvalue weighted by molar-refractivity contribution is 6.31. The van der Waals surface area contributed by atoms with Gasteiger partial charge in [-0.2, -0.15) is 0 Å². The van der Waals surface area contributed by atoms with E-state index in [0.29, 0.717) is 25.9 Å². The number of carboxylic acid groups (broad SMARTS) is 1. The highest BCUT2D eigenvalue weighted by atomic mass is 35.5. The largest absolute Gasteiger partial charge is 0.481 e. The number of carbonyl (C=O) groups excluding carboxylic acids is 2.